The van der Waals surface area contributed by atoms with Gasteiger partial charge in [0.1, 0.15) is 4.33 Å². The van der Waals surface area contributed by atoms with E-state index in [1.165, 1.54) is 16.8 Å². The molecule has 1 aliphatic carbocycles. The molecular formula is C21H22Cl2N2O. The summed E-state index contributed by atoms with van der Waals surface area (Å²) in [6.45, 7) is 4.27. The highest BCUT2D eigenvalue weighted by Gasteiger charge is 2.67. The molecule has 1 heterocycles. The van der Waals surface area contributed by atoms with Crippen LogP contribution in [0.3, 0.4) is 0 Å². The van der Waals surface area contributed by atoms with E-state index in [9.17, 15) is 4.79 Å². The zero-order valence-corrected chi connectivity index (χ0v) is 16.3. The summed E-state index contributed by atoms with van der Waals surface area (Å²) < 4.78 is -0.924. The lowest BCUT2D eigenvalue weighted by molar-refractivity contribution is -0.125. The molecule has 1 N–H and O–H groups in total. The third kappa shape index (κ3) is 3.19. The molecule has 0 saturated heterocycles. The Morgan fingerprint density at radius 1 is 1.12 bits per heavy atom. The highest BCUT2D eigenvalue weighted by molar-refractivity contribution is 6.53. The van der Waals surface area contributed by atoms with E-state index < -0.39 is 9.75 Å². The van der Waals surface area contributed by atoms with Crippen molar-refractivity contribution in [3.63, 3.8) is 0 Å². The molecule has 2 aromatic rings. The van der Waals surface area contributed by atoms with Gasteiger partial charge in [0.2, 0.25) is 5.91 Å². The van der Waals surface area contributed by atoms with E-state index in [4.69, 9.17) is 23.2 Å². The summed E-state index contributed by atoms with van der Waals surface area (Å²) in [6, 6.07) is 17.0. The number of carbonyl (C=O) groups is 1. The number of benzene rings is 2. The highest BCUT2D eigenvalue weighted by Crippen LogP contribution is 2.63. The van der Waals surface area contributed by atoms with Crippen molar-refractivity contribution in [1.29, 1.82) is 0 Å². The fourth-order valence-electron chi connectivity index (χ4n) is 3.58. The SMILES string of the molecule is CC1(C(=O)NCc2ccc(CN3CCc4ccccc43)cc2)CC1(Cl)Cl. The number of hydrogen-bond acceptors (Lipinski definition) is 2. The van der Waals surface area contributed by atoms with Gasteiger partial charge < -0.3 is 10.2 Å². The van der Waals surface area contributed by atoms with Crippen molar-refractivity contribution in [2.24, 2.45) is 5.41 Å². The van der Waals surface area contributed by atoms with Crippen molar-refractivity contribution >= 4 is 34.8 Å². The Morgan fingerprint density at radius 3 is 2.46 bits per heavy atom. The van der Waals surface area contributed by atoms with Crippen LogP contribution in [0.4, 0.5) is 5.69 Å². The molecule has 0 aromatic heterocycles. The molecule has 1 saturated carbocycles. The minimum absolute atomic E-state index is 0.0831. The molecule has 1 fully saturated rings. The first-order chi connectivity index (χ1) is 12.4. The third-order valence-electron chi connectivity index (χ3n) is 5.59. The van der Waals surface area contributed by atoms with Crippen molar-refractivity contribution in [3.8, 4) is 0 Å². The molecule has 1 unspecified atom stereocenters. The fourth-order valence-corrected chi connectivity index (χ4v) is 4.28. The Balaban J connectivity index is 1.34. The maximum atomic E-state index is 12.2. The molecule has 0 bridgehead atoms. The first-order valence-electron chi connectivity index (χ1n) is 8.96. The van der Waals surface area contributed by atoms with Crippen molar-refractivity contribution in [3.05, 3.63) is 65.2 Å². The van der Waals surface area contributed by atoms with Gasteiger partial charge in [-0.1, -0.05) is 42.5 Å². The van der Waals surface area contributed by atoms with Crippen molar-refractivity contribution in [2.45, 2.75) is 37.2 Å². The fraction of sp³-hybridized carbons (Fsp3) is 0.381. The lowest BCUT2D eigenvalue weighted by Gasteiger charge is -2.19. The number of rotatable bonds is 5. The Hall–Kier alpha value is -1.71. The lowest BCUT2D eigenvalue weighted by atomic mass is 10.1. The first kappa shape index (κ1) is 17.7. The number of carbonyl (C=O) groups excluding carboxylic acids is 1. The molecule has 0 spiro atoms. The van der Waals surface area contributed by atoms with E-state index in [0.29, 0.717) is 13.0 Å². The van der Waals surface area contributed by atoms with Gasteiger partial charge in [0.25, 0.3) is 0 Å². The number of amides is 1. The maximum absolute atomic E-state index is 12.2. The standard InChI is InChI=1S/C21H22Cl2N2O/c1-20(14-21(20,22)23)19(26)24-12-15-6-8-16(9-7-15)13-25-11-10-17-4-2-3-5-18(17)25/h2-9H,10-14H2,1H3,(H,24,26). The second-order valence-corrected chi connectivity index (χ2v) is 9.00. The Morgan fingerprint density at radius 2 is 1.77 bits per heavy atom. The molecule has 5 heteroatoms. The molecule has 136 valence electrons. The predicted molar refractivity (Wildman–Crippen MR) is 107 cm³/mol. The van der Waals surface area contributed by atoms with Crippen LogP contribution in [-0.4, -0.2) is 16.8 Å². The van der Waals surface area contributed by atoms with Gasteiger partial charge >= 0.3 is 0 Å². The van der Waals surface area contributed by atoms with Crippen LogP contribution in [-0.2, 0) is 24.3 Å². The van der Waals surface area contributed by atoms with Gasteiger partial charge in [-0.15, -0.1) is 23.2 Å². The average molecular weight is 389 g/mol. The van der Waals surface area contributed by atoms with Crippen molar-refractivity contribution < 1.29 is 4.79 Å². The molecular weight excluding hydrogens is 367 g/mol. The minimum Gasteiger partial charge on any atom is -0.367 e. The number of para-hydroxylation sites is 1. The smallest absolute Gasteiger partial charge is 0.229 e. The van der Waals surface area contributed by atoms with Crippen LogP contribution in [0.15, 0.2) is 48.5 Å². The number of hydrogen-bond donors (Lipinski definition) is 1. The molecule has 1 amide bonds. The van der Waals surface area contributed by atoms with Gasteiger partial charge in [-0.3, -0.25) is 4.79 Å². The molecule has 1 aliphatic heterocycles. The largest absolute Gasteiger partial charge is 0.367 e. The van der Waals surface area contributed by atoms with Crippen LogP contribution < -0.4 is 10.2 Å². The third-order valence-corrected chi connectivity index (χ3v) is 6.69. The van der Waals surface area contributed by atoms with E-state index in [1.807, 2.05) is 0 Å². The summed E-state index contributed by atoms with van der Waals surface area (Å²) >= 11 is 12.1. The molecule has 1 atom stereocenters. The van der Waals surface area contributed by atoms with Crippen LogP contribution in [0, 0.1) is 5.41 Å². The van der Waals surface area contributed by atoms with Crippen molar-refractivity contribution in [1.82, 2.24) is 5.32 Å². The second kappa shape index (κ2) is 6.47. The maximum Gasteiger partial charge on any atom is 0.229 e. The average Bonchev–Trinajstić information content (AvgIpc) is 2.97. The summed E-state index contributed by atoms with van der Waals surface area (Å²) in [4.78, 5) is 14.7. The van der Waals surface area contributed by atoms with Crippen LogP contribution >= 0.6 is 23.2 Å². The van der Waals surface area contributed by atoms with Gasteiger partial charge in [-0.2, -0.15) is 0 Å². The van der Waals surface area contributed by atoms with Crippen LogP contribution in [0.25, 0.3) is 0 Å². The molecule has 2 aromatic carbocycles. The van der Waals surface area contributed by atoms with Crippen LogP contribution in [0.2, 0.25) is 0 Å². The van der Waals surface area contributed by atoms with Gasteiger partial charge in [-0.05, 0) is 42.5 Å². The zero-order chi connectivity index (χ0) is 18.4. The summed E-state index contributed by atoms with van der Waals surface area (Å²) in [7, 11) is 0. The number of halogens is 2. The van der Waals surface area contributed by atoms with E-state index in [2.05, 4.69) is 58.7 Å². The molecule has 2 aliphatic rings. The summed E-state index contributed by atoms with van der Waals surface area (Å²) in [5, 5.41) is 2.94. The Labute approximate surface area is 164 Å². The van der Waals surface area contributed by atoms with E-state index in [-0.39, 0.29) is 5.91 Å². The first-order valence-corrected chi connectivity index (χ1v) is 9.71. The zero-order valence-electron chi connectivity index (χ0n) is 14.8. The van der Waals surface area contributed by atoms with Gasteiger partial charge in [0, 0.05) is 25.3 Å². The highest BCUT2D eigenvalue weighted by atomic mass is 35.5. The number of anilines is 1. The monoisotopic (exact) mass is 388 g/mol. The predicted octanol–water partition coefficient (Wildman–Crippen LogP) is 4.45. The summed E-state index contributed by atoms with van der Waals surface area (Å²) in [6.07, 6.45) is 1.62. The van der Waals surface area contributed by atoms with E-state index >= 15 is 0 Å². The van der Waals surface area contributed by atoms with Gasteiger partial charge in [0.05, 0.1) is 5.41 Å². The quantitative estimate of drug-likeness (QED) is 0.767. The number of fused-ring (bicyclic) bond motifs is 1. The number of nitrogens with one attached hydrogen (secondary N) is 1. The normalized spacial score (nSPS) is 22.8. The van der Waals surface area contributed by atoms with Crippen molar-refractivity contribution in [2.75, 3.05) is 11.4 Å². The lowest BCUT2D eigenvalue weighted by Crippen LogP contribution is -2.32. The molecule has 26 heavy (non-hydrogen) atoms. The van der Waals surface area contributed by atoms with Gasteiger partial charge in [0.15, 0.2) is 0 Å². The molecule has 0 radical (unpaired) electrons. The number of alkyl halides is 2. The minimum atomic E-state index is -0.924. The van der Waals surface area contributed by atoms with Gasteiger partial charge in [-0.25, -0.2) is 0 Å². The molecule has 4 rings (SSSR count). The van der Waals surface area contributed by atoms with E-state index in [0.717, 1.165) is 25.1 Å². The molecule has 3 nitrogen and oxygen atoms in total. The van der Waals surface area contributed by atoms with E-state index in [1.54, 1.807) is 6.92 Å². The topological polar surface area (TPSA) is 32.3 Å². The van der Waals surface area contributed by atoms with Crippen LogP contribution in [0.5, 0.6) is 0 Å². The summed E-state index contributed by atoms with van der Waals surface area (Å²) in [5.74, 6) is -0.0831. The Kier molecular flexibility index (Phi) is 4.40. The van der Waals surface area contributed by atoms with Crippen LogP contribution in [0.1, 0.15) is 30.0 Å². The number of nitrogens with zero attached hydrogens (tertiary/aromatic N) is 1. The summed E-state index contributed by atoms with van der Waals surface area (Å²) in [5.41, 5.74) is 4.44. The second-order valence-electron chi connectivity index (χ2n) is 7.51. The Bertz CT molecular complexity index is 834.